The number of benzene rings is 2. The largest absolute Gasteiger partial charge is 0.507 e. The normalized spacial score (nSPS) is 11.6. The third-order valence-electron chi connectivity index (χ3n) is 3.77. The molecular formula is C19H26ClNO2. The Morgan fingerprint density at radius 3 is 2.48 bits per heavy atom. The second kappa shape index (κ2) is 10.1. The molecule has 0 aliphatic heterocycles. The van der Waals surface area contributed by atoms with Gasteiger partial charge in [-0.3, -0.25) is 0 Å². The molecule has 2 rings (SSSR count). The van der Waals surface area contributed by atoms with E-state index in [0.29, 0.717) is 12.4 Å². The molecule has 0 amide bonds. The van der Waals surface area contributed by atoms with Crippen LogP contribution in [0.1, 0.15) is 49.8 Å². The van der Waals surface area contributed by atoms with E-state index in [-0.39, 0.29) is 24.2 Å². The molecule has 0 spiro atoms. The van der Waals surface area contributed by atoms with Crippen LogP contribution in [-0.4, -0.2) is 5.11 Å². The molecule has 0 aromatic heterocycles. The summed E-state index contributed by atoms with van der Waals surface area (Å²) in [7, 11) is 0. The molecular weight excluding hydrogens is 310 g/mol. The van der Waals surface area contributed by atoms with Gasteiger partial charge in [0.15, 0.2) is 0 Å². The molecule has 1 atom stereocenters. The molecule has 23 heavy (non-hydrogen) atoms. The van der Waals surface area contributed by atoms with Crippen molar-refractivity contribution in [2.45, 2.75) is 45.3 Å². The van der Waals surface area contributed by atoms with Crippen molar-refractivity contribution in [3.63, 3.8) is 0 Å². The molecule has 126 valence electrons. The summed E-state index contributed by atoms with van der Waals surface area (Å²) in [5.41, 5.74) is 8.04. The van der Waals surface area contributed by atoms with E-state index in [4.69, 9.17) is 10.5 Å². The fraction of sp³-hybridized carbons (Fsp3) is 0.368. The molecule has 0 aliphatic rings. The maximum Gasteiger partial charge on any atom is 0.124 e. The first-order valence-electron chi connectivity index (χ1n) is 7.96. The van der Waals surface area contributed by atoms with Crippen LogP contribution >= 0.6 is 12.4 Å². The van der Waals surface area contributed by atoms with Crippen LogP contribution in [0.2, 0.25) is 0 Å². The summed E-state index contributed by atoms with van der Waals surface area (Å²) in [6.07, 6.45) is 4.33. The van der Waals surface area contributed by atoms with Crippen LogP contribution < -0.4 is 10.5 Å². The molecule has 3 nitrogen and oxygen atoms in total. The predicted molar refractivity (Wildman–Crippen MR) is 97.2 cm³/mol. The molecule has 0 unspecified atom stereocenters. The van der Waals surface area contributed by atoms with Gasteiger partial charge in [-0.15, -0.1) is 12.4 Å². The number of hydrogen-bond acceptors (Lipinski definition) is 3. The van der Waals surface area contributed by atoms with E-state index in [2.05, 4.69) is 6.92 Å². The van der Waals surface area contributed by atoms with Gasteiger partial charge in [-0.1, -0.05) is 62.6 Å². The Morgan fingerprint density at radius 2 is 1.83 bits per heavy atom. The lowest BCUT2D eigenvalue weighted by atomic mass is 10.0. The van der Waals surface area contributed by atoms with Crippen LogP contribution in [0.4, 0.5) is 0 Å². The highest BCUT2D eigenvalue weighted by Gasteiger charge is 2.11. The van der Waals surface area contributed by atoms with Gasteiger partial charge in [-0.25, -0.2) is 0 Å². The van der Waals surface area contributed by atoms with E-state index < -0.39 is 0 Å². The van der Waals surface area contributed by atoms with Gasteiger partial charge >= 0.3 is 0 Å². The third-order valence-corrected chi connectivity index (χ3v) is 3.77. The number of halogens is 1. The van der Waals surface area contributed by atoms with Gasteiger partial charge in [0, 0.05) is 17.7 Å². The van der Waals surface area contributed by atoms with E-state index in [1.807, 2.05) is 42.5 Å². The van der Waals surface area contributed by atoms with Crippen LogP contribution in [0.3, 0.4) is 0 Å². The summed E-state index contributed by atoms with van der Waals surface area (Å²) in [4.78, 5) is 0. The van der Waals surface area contributed by atoms with Gasteiger partial charge < -0.3 is 15.6 Å². The molecule has 2 aromatic rings. The number of rotatable bonds is 8. The summed E-state index contributed by atoms with van der Waals surface area (Å²) in [6.45, 7) is 2.66. The summed E-state index contributed by atoms with van der Waals surface area (Å²) >= 11 is 0. The fourth-order valence-corrected chi connectivity index (χ4v) is 2.44. The first-order valence-corrected chi connectivity index (χ1v) is 7.96. The van der Waals surface area contributed by atoms with E-state index in [9.17, 15) is 5.11 Å². The van der Waals surface area contributed by atoms with Crippen LogP contribution in [-0.2, 0) is 6.61 Å². The van der Waals surface area contributed by atoms with Gasteiger partial charge in [0.1, 0.15) is 18.1 Å². The van der Waals surface area contributed by atoms with E-state index in [1.54, 1.807) is 6.07 Å². The van der Waals surface area contributed by atoms with Crippen LogP contribution in [0.25, 0.3) is 0 Å². The molecule has 0 saturated heterocycles. The molecule has 0 aliphatic carbocycles. The van der Waals surface area contributed by atoms with Crippen LogP contribution in [0, 0.1) is 0 Å². The van der Waals surface area contributed by atoms with Gasteiger partial charge in [0.05, 0.1) is 0 Å². The monoisotopic (exact) mass is 335 g/mol. The second-order valence-electron chi connectivity index (χ2n) is 5.60. The lowest BCUT2D eigenvalue weighted by Gasteiger charge is -2.15. The Morgan fingerprint density at radius 1 is 1.09 bits per heavy atom. The van der Waals surface area contributed by atoms with Crippen molar-refractivity contribution in [1.82, 2.24) is 0 Å². The van der Waals surface area contributed by atoms with Gasteiger partial charge in [-0.05, 0) is 18.1 Å². The molecule has 2 aromatic carbocycles. The molecule has 4 heteroatoms. The molecule has 0 bridgehead atoms. The average molecular weight is 336 g/mol. The Bertz CT molecular complexity index is 575. The topological polar surface area (TPSA) is 55.5 Å². The van der Waals surface area contributed by atoms with Crippen molar-refractivity contribution in [1.29, 1.82) is 0 Å². The minimum atomic E-state index is -0.116. The number of phenols is 1. The zero-order valence-corrected chi connectivity index (χ0v) is 14.4. The Balaban J connectivity index is 0.00000264. The van der Waals surface area contributed by atoms with E-state index >= 15 is 0 Å². The standard InChI is InChI=1S/C19H25NO2.ClH/c1-2-3-5-10-18(20)17-12-11-16(13-19(17)21)22-14-15-8-6-4-7-9-15;/h4,6-9,11-13,18,21H,2-3,5,10,14,20H2,1H3;1H/t18-;/m1./s1. The number of ether oxygens (including phenoxy) is 1. The first kappa shape index (κ1) is 19.3. The summed E-state index contributed by atoms with van der Waals surface area (Å²) in [5, 5.41) is 10.2. The van der Waals surface area contributed by atoms with E-state index in [0.717, 1.165) is 24.0 Å². The molecule has 3 N–H and O–H groups in total. The van der Waals surface area contributed by atoms with Crippen molar-refractivity contribution >= 4 is 12.4 Å². The van der Waals surface area contributed by atoms with Gasteiger partial charge in [0.2, 0.25) is 0 Å². The van der Waals surface area contributed by atoms with Crippen molar-refractivity contribution in [3.8, 4) is 11.5 Å². The molecule has 0 heterocycles. The maximum absolute atomic E-state index is 10.2. The third kappa shape index (κ3) is 6.12. The van der Waals surface area contributed by atoms with E-state index in [1.165, 1.54) is 12.8 Å². The fourth-order valence-electron chi connectivity index (χ4n) is 2.44. The van der Waals surface area contributed by atoms with Crippen molar-refractivity contribution < 1.29 is 9.84 Å². The molecule has 0 fully saturated rings. The first-order chi connectivity index (χ1) is 10.7. The quantitative estimate of drug-likeness (QED) is 0.669. The highest BCUT2D eigenvalue weighted by Crippen LogP contribution is 2.30. The Hall–Kier alpha value is -1.71. The zero-order chi connectivity index (χ0) is 15.8. The predicted octanol–water partition coefficient (Wildman–Crippen LogP) is 4.97. The van der Waals surface area contributed by atoms with Crippen molar-refractivity contribution in [2.24, 2.45) is 5.73 Å². The maximum atomic E-state index is 10.2. The lowest BCUT2D eigenvalue weighted by Crippen LogP contribution is -2.10. The highest BCUT2D eigenvalue weighted by molar-refractivity contribution is 5.85. The van der Waals surface area contributed by atoms with Crippen LogP contribution in [0.5, 0.6) is 11.5 Å². The smallest absolute Gasteiger partial charge is 0.124 e. The minimum Gasteiger partial charge on any atom is -0.507 e. The minimum absolute atomic E-state index is 0. The van der Waals surface area contributed by atoms with Crippen LogP contribution in [0.15, 0.2) is 48.5 Å². The lowest BCUT2D eigenvalue weighted by molar-refractivity contribution is 0.304. The van der Waals surface area contributed by atoms with Gasteiger partial charge in [-0.2, -0.15) is 0 Å². The average Bonchev–Trinajstić information content (AvgIpc) is 2.54. The van der Waals surface area contributed by atoms with Crippen molar-refractivity contribution in [3.05, 3.63) is 59.7 Å². The summed E-state index contributed by atoms with van der Waals surface area (Å²) in [5.74, 6) is 0.875. The SMILES string of the molecule is CCCCC[C@@H](N)c1ccc(OCc2ccccc2)cc1O.Cl. The highest BCUT2D eigenvalue weighted by atomic mass is 35.5. The number of aromatic hydroxyl groups is 1. The summed E-state index contributed by atoms with van der Waals surface area (Å²) in [6, 6.07) is 15.2. The van der Waals surface area contributed by atoms with Crippen molar-refractivity contribution in [2.75, 3.05) is 0 Å². The second-order valence-corrected chi connectivity index (χ2v) is 5.60. The number of nitrogens with two attached hydrogens (primary N) is 1. The number of phenolic OH excluding ortho intramolecular Hbond substituents is 1. The zero-order valence-electron chi connectivity index (χ0n) is 13.6. The molecule has 0 radical (unpaired) electrons. The Kier molecular flexibility index (Phi) is 8.52. The van der Waals surface area contributed by atoms with Gasteiger partial charge in [0.25, 0.3) is 0 Å². The number of unbranched alkanes of at least 4 members (excludes halogenated alkanes) is 2. The summed E-state index contributed by atoms with van der Waals surface area (Å²) < 4.78 is 5.71. The Labute approximate surface area is 144 Å². The molecule has 0 saturated carbocycles. The number of hydrogen-bond donors (Lipinski definition) is 2.